The molecule has 1 saturated carbocycles. The Hall–Kier alpha value is -2.96. The Bertz CT molecular complexity index is 845. The van der Waals surface area contributed by atoms with Crippen LogP contribution in [0.2, 0.25) is 0 Å². The van der Waals surface area contributed by atoms with Gasteiger partial charge in [0.25, 0.3) is 5.91 Å². The molecule has 7 heteroatoms. The van der Waals surface area contributed by atoms with Crippen molar-refractivity contribution in [3.63, 3.8) is 0 Å². The normalized spacial score (nSPS) is 14.0. The van der Waals surface area contributed by atoms with Gasteiger partial charge in [-0.1, -0.05) is 0 Å². The average molecular weight is 309 g/mol. The van der Waals surface area contributed by atoms with Crippen LogP contribution in [0, 0.1) is 6.92 Å². The number of amides is 1. The van der Waals surface area contributed by atoms with Crippen LogP contribution in [0.3, 0.4) is 0 Å². The highest BCUT2D eigenvalue weighted by molar-refractivity contribution is 6.02. The summed E-state index contributed by atoms with van der Waals surface area (Å²) in [4.78, 5) is 12.1. The van der Waals surface area contributed by atoms with Crippen LogP contribution in [0.25, 0.3) is 11.4 Å². The van der Waals surface area contributed by atoms with E-state index in [1.807, 2.05) is 28.9 Å². The monoisotopic (exact) mass is 309 g/mol. The highest BCUT2D eigenvalue weighted by Crippen LogP contribution is 2.36. The summed E-state index contributed by atoms with van der Waals surface area (Å²) in [6.45, 7) is 1.80. The van der Waals surface area contributed by atoms with E-state index in [0.717, 1.165) is 24.2 Å². The minimum absolute atomic E-state index is 0.270. The van der Waals surface area contributed by atoms with Crippen LogP contribution in [0.1, 0.15) is 35.2 Å². The van der Waals surface area contributed by atoms with Gasteiger partial charge in [0.15, 0.2) is 11.6 Å². The Morgan fingerprint density at radius 2 is 2.00 bits per heavy atom. The molecule has 1 aliphatic rings. The zero-order chi connectivity index (χ0) is 15.8. The van der Waals surface area contributed by atoms with E-state index in [1.54, 1.807) is 19.1 Å². The molecule has 23 heavy (non-hydrogen) atoms. The number of furan rings is 1. The Morgan fingerprint density at radius 3 is 2.65 bits per heavy atom. The van der Waals surface area contributed by atoms with Gasteiger partial charge in [-0.05, 0) is 66.6 Å². The number of carbonyl (C=O) groups excluding carboxylic acids is 1. The van der Waals surface area contributed by atoms with Gasteiger partial charge in [-0.15, -0.1) is 5.10 Å². The number of anilines is 1. The van der Waals surface area contributed by atoms with Gasteiger partial charge in [0.05, 0.1) is 6.04 Å². The lowest BCUT2D eigenvalue weighted by Crippen LogP contribution is -2.10. The van der Waals surface area contributed by atoms with E-state index in [1.165, 1.54) is 0 Å². The van der Waals surface area contributed by atoms with Gasteiger partial charge in [-0.25, -0.2) is 4.68 Å². The van der Waals surface area contributed by atoms with E-state index in [0.29, 0.717) is 23.2 Å². The first kappa shape index (κ1) is 13.7. The summed E-state index contributed by atoms with van der Waals surface area (Å²) in [6.07, 6.45) is 2.24. The lowest BCUT2D eigenvalue weighted by atomic mass is 10.2. The molecule has 1 fully saturated rings. The van der Waals surface area contributed by atoms with Crippen LogP contribution in [-0.4, -0.2) is 26.1 Å². The Balaban J connectivity index is 1.51. The molecule has 0 unspecified atom stereocenters. The standard InChI is InChI=1S/C16H15N5O2/c1-10-2-9-14(23-10)16(22)17-12-5-3-11(4-6-12)15-18-19-20-21(15)13-7-8-13/h2-6,9,13H,7-8H2,1H3,(H,17,22). The van der Waals surface area contributed by atoms with E-state index in [-0.39, 0.29) is 5.91 Å². The largest absolute Gasteiger partial charge is 0.456 e. The fourth-order valence-electron chi connectivity index (χ4n) is 2.40. The number of aryl methyl sites for hydroxylation is 1. The zero-order valence-electron chi connectivity index (χ0n) is 12.6. The predicted molar refractivity (Wildman–Crippen MR) is 82.9 cm³/mol. The topological polar surface area (TPSA) is 85.8 Å². The lowest BCUT2D eigenvalue weighted by molar-refractivity contribution is 0.0995. The van der Waals surface area contributed by atoms with E-state index >= 15 is 0 Å². The maximum Gasteiger partial charge on any atom is 0.291 e. The summed E-state index contributed by atoms with van der Waals surface area (Å²) >= 11 is 0. The van der Waals surface area contributed by atoms with Gasteiger partial charge >= 0.3 is 0 Å². The second-order valence-corrected chi connectivity index (χ2v) is 5.62. The molecule has 4 rings (SSSR count). The number of hydrogen-bond acceptors (Lipinski definition) is 5. The number of hydrogen-bond donors (Lipinski definition) is 1. The molecule has 7 nitrogen and oxygen atoms in total. The molecule has 0 saturated heterocycles. The summed E-state index contributed by atoms with van der Waals surface area (Å²) in [7, 11) is 0. The maximum atomic E-state index is 12.1. The molecule has 0 atom stereocenters. The van der Waals surface area contributed by atoms with Crippen molar-refractivity contribution in [2.24, 2.45) is 0 Å². The molecule has 116 valence electrons. The number of nitrogens with zero attached hydrogens (tertiary/aromatic N) is 4. The molecule has 0 spiro atoms. The van der Waals surface area contributed by atoms with Gasteiger partial charge in [0, 0.05) is 11.3 Å². The van der Waals surface area contributed by atoms with Crippen molar-refractivity contribution in [3.05, 3.63) is 47.9 Å². The SMILES string of the molecule is Cc1ccc(C(=O)Nc2ccc(-c3nnnn3C3CC3)cc2)o1. The first-order chi connectivity index (χ1) is 11.2. The Labute approximate surface area is 132 Å². The summed E-state index contributed by atoms with van der Waals surface area (Å²) in [5, 5.41) is 14.7. The van der Waals surface area contributed by atoms with Gasteiger partial charge in [0.1, 0.15) is 5.76 Å². The number of aromatic nitrogens is 4. The molecule has 0 radical (unpaired) electrons. The number of rotatable bonds is 4. The van der Waals surface area contributed by atoms with Crippen molar-refractivity contribution >= 4 is 11.6 Å². The van der Waals surface area contributed by atoms with Crippen molar-refractivity contribution in [1.29, 1.82) is 0 Å². The van der Waals surface area contributed by atoms with Gasteiger partial charge < -0.3 is 9.73 Å². The fourth-order valence-corrected chi connectivity index (χ4v) is 2.40. The summed E-state index contributed by atoms with van der Waals surface area (Å²) in [5.74, 6) is 1.49. The molecule has 0 aliphatic heterocycles. The predicted octanol–water partition coefficient (Wildman–Crippen LogP) is 2.83. The summed E-state index contributed by atoms with van der Waals surface area (Å²) in [5.41, 5.74) is 1.62. The second kappa shape index (κ2) is 5.35. The van der Waals surface area contributed by atoms with Crippen molar-refractivity contribution < 1.29 is 9.21 Å². The van der Waals surface area contributed by atoms with Gasteiger partial charge in [0.2, 0.25) is 0 Å². The lowest BCUT2D eigenvalue weighted by Gasteiger charge is -2.05. The van der Waals surface area contributed by atoms with Crippen molar-refractivity contribution in [2.75, 3.05) is 5.32 Å². The van der Waals surface area contributed by atoms with Crippen LogP contribution in [-0.2, 0) is 0 Å². The first-order valence-corrected chi connectivity index (χ1v) is 7.47. The van der Waals surface area contributed by atoms with E-state index in [4.69, 9.17) is 4.42 Å². The Morgan fingerprint density at radius 1 is 1.22 bits per heavy atom. The molecule has 1 amide bonds. The summed E-state index contributed by atoms with van der Waals surface area (Å²) < 4.78 is 7.17. The number of carbonyl (C=O) groups is 1. The number of nitrogens with one attached hydrogen (secondary N) is 1. The zero-order valence-corrected chi connectivity index (χ0v) is 12.6. The van der Waals surface area contributed by atoms with E-state index < -0.39 is 0 Å². The smallest absolute Gasteiger partial charge is 0.291 e. The van der Waals surface area contributed by atoms with Crippen LogP contribution in [0.5, 0.6) is 0 Å². The average Bonchev–Trinajstić information content (AvgIpc) is 3.11. The molecule has 3 aromatic rings. The number of tetrazole rings is 1. The maximum absolute atomic E-state index is 12.1. The third-order valence-corrected chi connectivity index (χ3v) is 3.75. The van der Waals surface area contributed by atoms with E-state index in [2.05, 4.69) is 20.8 Å². The van der Waals surface area contributed by atoms with Crippen molar-refractivity contribution in [1.82, 2.24) is 20.2 Å². The molecule has 1 aromatic carbocycles. The molecular formula is C16H15N5O2. The Kier molecular flexibility index (Phi) is 3.18. The molecular weight excluding hydrogens is 294 g/mol. The second-order valence-electron chi connectivity index (χ2n) is 5.62. The third kappa shape index (κ3) is 2.73. The molecule has 2 aromatic heterocycles. The molecule has 1 aliphatic carbocycles. The van der Waals surface area contributed by atoms with Crippen LogP contribution < -0.4 is 5.32 Å². The number of benzene rings is 1. The van der Waals surface area contributed by atoms with E-state index in [9.17, 15) is 4.79 Å². The minimum atomic E-state index is -0.270. The molecule has 0 bridgehead atoms. The molecule has 1 N–H and O–H groups in total. The van der Waals surface area contributed by atoms with Gasteiger partial charge in [-0.3, -0.25) is 4.79 Å². The highest BCUT2D eigenvalue weighted by Gasteiger charge is 2.28. The molecule has 2 heterocycles. The van der Waals surface area contributed by atoms with Crippen LogP contribution >= 0.6 is 0 Å². The fraction of sp³-hybridized carbons (Fsp3) is 0.250. The highest BCUT2D eigenvalue weighted by atomic mass is 16.3. The van der Waals surface area contributed by atoms with Gasteiger partial charge in [-0.2, -0.15) is 0 Å². The van der Waals surface area contributed by atoms with Crippen LogP contribution in [0.15, 0.2) is 40.8 Å². The first-order valence-electron chi connectivity index (χ1n) is 7.47. The third-order valence-electron chi connectivity index (χ3n) is 3.75. The van der Waals surface area contributed by atoms with Crippen molar-refractivity contribution in [2.45, 2.75) is 25.8 Å². The quantitative estimate of drug-likeness (QED) is 0.801. The minimum Gasteiger partial charge on any atom is -0.456 e. The summed E-state index contributed by atoms with van der Waals surface area (Å²) in [6, 6.07) is 11.3. The van der Waals surface area contributed by atoms with Crippen molar-refractivity contribution in [3.8, 4) is 11.4 Å². The van der Waals surface area contributed by atoms with Crippen LogP contribution in [0.4, 0.5) is 5.69 Å².